The highest BCUT2D eigenvalue weighted by molar-refractivity contribution is 5.74. The molecule has 1 saturated heterocycles. The van der Waals surface area contributed by atoms with Crippen LogP contribution in [0.25, 0.3) is 0 Å². The number of likely N-dealkylation sites (tertiary alicyclic amines) is 1. The van der Waals surface area contributed by atoms with E-state index in [1.54, 1.807) is 0 Å². The molecule has 4 nitrogen and oxygen atoms in total. The molecule has 2 fully saturated rings. The molecule has 2 N–H and O–H groups in total. The molecule has 4 heteroatoms. The number of carboxylic acids is 1. The molecular formula is C13H24N2O2. The second-order valence-electron chi connectivity index (χ2n) is 5.44. The maximum absolute atomic E-state index is 11.1. The molecule has 0 aromatic carbocycles. The zero-order valence-electron chi connectivity index (χ0n) is 10.7. The predicted molar refractivity (Wildman–Crippen MR) is 67.0 cm³/mol. The minimum atomic E-state index is -0.663. The molecule has 1 aliphatic heterocycles. The fraction of sp³-hybridized carbons (Fsp3) is 0.923. The Kier molecular flexibility index (Phi) is 4.40. The molecule has 0 radical (unpaired) electrons. The first-order chi connectivity index (χ1) is 8.20. The Bertz CT molecular complexity index is 258. The van der Waals surface area contributed by atoms with Crippen LogP contribution in [0.1, 0.15) is 39.0 Å². The molecule has 0 bridgehead atoms. The van der Waals surface area contributed by atoms with E-state index in [9.17, 15) is 9.90 Å². The molecular weight excluding hydrogens is 216 g/mol. The molecule has 1 saturated carbocycles. The molecule has 17 heavy (non-hydrogen) atoms. The lowest BCUT2D eigenvalue weighted by atomic mass is 10.0. The van der Waals surface area contributed by atoms with E-state index in [2.05, 4.69) is 17.1 Å². The van der Waals surface area contributed by atoms with Gasteiger partial charge < -0.3 is 15.3 Å². The lowest BCUT2D eigenvalue weighted by Crippen LogP contribution is -2.49. The maximum Gasteiger partial charge on any atom is 0.320 e. The quantitative estimate of drug-likeness (QED) is 0.735. The molecule has 98 valence electrons. The third kappa shape index (κ3) is 3.68. The van der Waals surface area contributed by atoms with E-state index in [4.69, 9.17) is 0 Å². The van der Waals surface area contributed by atoms with Crippen LogP contribution in [0.15, 0.2) is 0 Å². The molecule has 0 amide bonds. The summed E-state index contributed by atoms with van der Waals surface area (Å²) in [6, 6.07) is 0.113. The van der Waals surface area contributed by atoms with Crippen molar-refractivity contribution in [2.75, 3.05) is 19.6 Å². The van der Waals surface area contributed by atoms with Gasteiger partial charge in [-0.3, -0.25) is 4.79 Å². The van der Waals surface area contributed by atoms with Crippen LogP contribution in [0, 0.1) is 5.92 Å². The van der Waals surface area contributed by atoms with Crippen LogP contribution in [0.4, 0.5) is 0 Å². The van der Waals surface area contributed by atoms with Crippen LogP contribution >= 0.6 is 0 Å². The van der Waals surface area contributed by atoms with E-state index in [1.807, 2.05) is 0 Å². The Morgan fingerprint density at radius 1 is 1.35 bits per heavy atom. The number of hydrogen-bond acceptors (Lipinski definition) is 3. The highest BCUT2D eigenvalue weighted by atomic mass is 16.4. The van der Waals surface area contributed by atoms with Crippen molar-refractivity contribution in [1.29, 1.82) is 0 Å². The monoisotopic (exact) mass is 240 g/mol. The molecule has 2 rings (SSSR count). The molecule has 0 spiro atoms. The number of hydrogen-bond donors (Lipinski definition) is 2. The lowest BCUT2D eigenvalue weighted by Gasteiger charge is -2.33. The Balaban J connectivity index is 1.74. The summed E-state index contributed by atoms with van der Waals surface area (Å²) in [6.07, 6.45) is 5.56. The second kappa shape index (κ2) is 5.83. The summed E-state index contributed by atoms with van der Waals surface area (Å²) in [5, 5.41) is 12.5. The van der Waals surface area contributed by atoms with E-state index in [0.29, 0.717) is 12.0 Å². The van der Waals surface area contributed by atoms with Gasteiger partial charge in [0, 0.05) is 6.04 Å². The Morgan fingerprint density at radius 3 is 2.47 bits per heavy atom. The van der Waals surface area contributed by atoms with Crippen LogP contribution in [0.5, 0.6) is 0 Å². The van der Waals surface area contributed by atoms with Crippen molar-refractivity contribution in [3.63, 3.8) is 0 Å². The molecule has 0 aromatic rings. The number of piperidine rings is 1. The van der Waals surface area contributed by atoms with E-state index >= 15 is 0 Å². The Labute approximate surface area is 103 Å². The van der Waals surface area contributed by atoms with Gasteiger partial charge in [-0.1, -0.05) is 6.92 Å². The van der Waals surface area contributed by atoms with Crippen molar-refractivity contribution in [3.05, 3.63) is 0 Å². The van der Waals surface area contributed by atoms with Gasteiger partial charge in [0.1, 0.15) is 6.04 Å². The minimum Gasteiger partial charge on any atom is -0.480 e. The Morgan fingerprint density at radius 2 is 2.00 bits per heavy atom. The standard InChI is InChI=1S/C13H24N2O2/c1-2-7-15-8-5-11(6-9-15)14-12(13(16)17)10-3-4-10/h10-12,14H,2-9H2,1H3,(H,16,17). The van der Waals surface area contributed by atoms with E-state index in [-0.39, 0.29) is 6.04 Å². The third-order valence-electron chi connectivity index (χ3n) is 3.90. The second-order valence-corrected chi connectivity index (χ2v) is 5.44. The van der Waals surface area contributed by atoms with Gasteiger partial charge in [0.25, 0.3) is 0 Å². The van der Waals surface area contributed by atoms with Crippen LogP contribution in [-0.2, 0) is 4.79 Å². The van der Waals surface area contributed by atoms with Crippen molar-refractivity contribution >= 4 is 5.97 Å². The smallest absolute Gasteiger partial charge is 0.320 e. The van der Waals surface area contributed by atoms with E-state index < -0.39 is 5.97 Å². The molecule has 1 heterocycles. The maximum atomic E-state index is 11.1. The largest absolute Gasteiger partial charge is 0.480 e. The van der Waals surface area contributed by atoms with Crippen molar-refractivity contribution in [2.24, 2.45) is 5.92 Å². The highest BCUT2D eigenvalue weighted by Gasteiger charge is 2.37. The molecule has 1 atom stereocenters. The van der Waals surface area contributed by atoms with Crippen LogP contribution in [0.2, 0.25) is 0 Å². The van der Waals surface area contributed by atoms with Crippen LogP contribution in [0.3, 0.4) is 0 Å². The van der Waals surface area contributed by atoms with Gasteiger partial charge in [0.15, 0.2) is 0 Å². The number of nitrogens with zero attached hydrogens (tertiary/aromatic N) is 1. The van der Waals surface area contributed by atoms with Crippen molar-refractivity contribution in [1.82, 2.24) is 10.2 Å². The zero-order valence-corrected chi connectivity index (χ0v) is 10.7. The Hall–Kier alpha value is -0.610. The fourth-order valence-corrected chi connectivity index (χ4v) is 2.73. The summed E-state index contributed by atoms with van der Waals surface area (Å²) in [4.78, 5) is 13.6. The van der Waals surface area contributed by atoms with Crippen molar-refractivity contribution in [3.8, 4) is 0 Å². The zero-order chi connectivity index (χ0) is 12.3. The SMILES string of the molecule is CCCN1CCC(NC(C(=O)O)C2CC2)CC1. The summed E-state index contributed by atoms with van der Waals surface area (Å²) >= 11 is 0. The number of carbonyl (C=O) groups is 1. The first-order valence-corrected chi connectivity index (χ1v) is 6.92. The average Bonchev–Trinajstić information content (AvgIpc) is 3.12. The lowest BCUT2D eigenvalue weighted by molar-refractivity contribution is -0.140. The number of rotatable bonds is 6. The summed E-state index contributed by atoms with van der Waals surface area (Å²) in [6.45, 7) is 5.61. The van der Waals surface area contributed by atoms with Gasteiger partial charge in [-0.2, -0.15) is 0 Å². The molecule has 1 unspecified atom stereocenters. The van der Waals surface area contributed by atoms with Crippen LogP contribution < -0.4 is 5.32 Å². The number of aliphatic carboxylic acids is 1. The summed E-state index contributed by atoms with van der Waals surface area (Å²) in [5.41, 5.74) is 0. The fourth-order valence-electron chi connectivity index (χ4n) is 2.73. The predicted octanol–water partition coefficient (Wildman–Crippen LogP) is 1.31. The van der Waals surface area contributed by atoms with Gasteiger partial charge in [-0.05, 0) is 57.7 Å². The van der Waals surface area contributed by atoms with Crippen molar-refractivity contribution < 1.29 is 9.90 Å². The minimum absolute atomic E-state index is 0.294. The van der Waals surface area contributed by atoms with Gasteiger partial charge in [-0.25, -0.2) is 0 Å². The third-order valence-corrected chi connectivity index (χ3v) is 3.90. The van der Waals surface area contributed by atoms with E-state index in [0.717, 1.165) is 38.8 Å². The molecule has 1 aliphatic carbocycles. The topological polar surface area (TPSA) is 52.6 Å². The van der Waals surface area contributed by atoms with Gasteiger partial charge in [-0.15, -0.1) is 0 Å². The van der Waals surface area contributed by atoms with Gasteiger partial charge in [0.05, 0.1) is 0 Å². The summed E-state index contributed by atoms with van der Waals surface area (Å²) in [5.74, 6) is -0.273. The summed E-state index contributed by atoms with van der Waals surface area (Å²) in [7, 11) is 0. The normalized spacial score (nSPS) is 24.8. The highest BCUT2D eigenvalue weighted by Crippen LogP contribution is 2.33. The number of carboxylic acid groups (broad SMARTS) is 1. The first kappa shape index (κ1) is 12.8. The van der Waals surface area contributed by atoms with Crippen molar-refractivity contribution in [2.45, 2.75) is 51.1 Å². The summed E-state index contributed by atoms with van der Waals surface area (Å²) < 4.78 is 0. The van der Waals surface area contributed by atoms with Gasteiger partial charge in [0.2, 0.25) is 0 Å². The average molecular weight is 240 g/mol. The van der Waals surface area contributed by atoms with Crippen LogP contribution in [-0.4, -0.2) is 47.7 Å². The van der Waals surface area contributed by atoms with Gasteiger partial charge >= 0.3 is 5.97 Å². The number of nitrogens with one attached hydrogen (secondary N) is 1. The van der Waals surface area contributed by atoms with E-state index in [1.165, 1.54) is 13.0 Å². The molecule has 2 aliphatic rings. The first-order valence-electron chi connectivity index (χ1n) is 6.92. The molecule has 0 aromatic heterocycles.